The summed E-state index contributed by atoms with van der Waals surface area (Å²) in [5.74, 6) is 3.88. The number of carbonyl (C=O) groups is 1. The summed E-state index contributed by atoms with van der Waals surface area (Å²) >= 11 is 1.95. The Morgan fingerprint density at radius 3 is 2.83 bits per heavy atom. The molecule has 2 N–H and O–H groups in total. The number of hydrogen-bond acceptors (Lipinski definition) is 6. The lowest BCUT2D eigenvalue weighted by Gasteiger charge is -2.36. The molecule has 1 aromatic heterocycles. The Labute approximate surface area is 181 Å². The van der Waals surface area contributed by atoms with Gasteiger partial charge in [0.1, 0.15) is 5.82 Å². The van der Waals surface area contributed by atoms with Crippen LogP contribution in [0.4, 0.5) is 16.3 Å². The molecular weight excluding hydrogens is 398 g/mol. The van der Waals surface area contributed by atoms with Crippen molar-refractivity contribution < 1.29 is 9.53 Å². The molecule has 158 valence electrons. The number of aromatic nitrogens is 2. The molecule has 1 saturated heterocycles. The maximum absolute atomic E-state index is 12.0. The number of rotatable bonds is 4. The number of hydrogen-bond donors (Lipinski definition) is 2. The lowest BCUT2D eigenvalue weighted by atomic mass is 10.1. The fraction of sp³-hybridized carbons (Fsp3) is 0.500. The van der Waals surface area contributed by atoms with Crippen molar-refractivity contribution in [3.8, 4) is 11.4 Å². The minimum Gasteiger partial charge on any atom is -0.377 e. The molecule has 2 aliphatic heterocycles. The second-order valence-electron chi connectivity index (χ2n) is 8.17. The van der Waals surface area contributed by atoms with E-state index in [-0.39, 0.29) is 6.03 Å². The first kappa shape index (κ1) is 19.6. The Bertz CT molecular complexity index is 932. The van der Waals surface area contributed by atoms with Gasteiger partial charge in [0.15, 0.2) is 5.82 Å². The zero-order valence-corrected chi connectivity index (χ0v) is 18.0. The van der Waals surface area contributed by atoms with Gasteiger partial charge in [0, 0.05) is 35.2 Å². The first-order valence-electron chi connectivity index (χ1n) is 10.7. The van der Waals surface area contributed by atoms with Crippen molar-refractivity contribution in [2.75, 3.05) is 35.7 Å². The highest BCUT2D eigenvalue weighted by atomic mass is 32.2. The zero-order chi connectivity index (χ0) is 20.5. The Morgan fingerprint density at radius 1 is 1.23 bits per heavy atom. The van der Waals surface area contributed by atoms with Crippen LogP contribution in [0.2, 0.25) is 0 Å². The maximum atomic E-state index is 12.0. The highest BCUT2D eigenvalue weighted by Gasteiger charge is 2.27. The van der Waals surface area contributed by atoms with Crippen molar-refractivity contribution in [2.45, 2.75) is 44.0 Å². The molecule has 5 rings (SSSR count). The molecule has 8 heteroatoms. The van der Waals surface area contributed by atoms with Crippen molar-refractivity contribution in [2.24, 2.45) is 0 Å². The number of nitrogens with one attached hydrogen (secondary N) is 2. The first-order chi connectivity index (χ1) is 14.7. The summed E-state index contributed by atoms with van der Waals surface area (Å²) in [6, 6.07) is 8.30. The van der Waals surface area contributed by atoms with E-state index in [9.17, 15) is 4.79 Å². The van der Waals surface area contributed by atoms with E-state index in [1.54, 1.807) is 0 Å². The molecule has 0 spiro atoms. The number of aryl methyl sites for hydroxylation is 1. The van der Waals surface area contributed by atoms with E-state index in [2.05, 4.69) is 22.5 Å². The molecule has 2 aromatic rings. The fourth-order valence-corrected chi connectivity index (χ4v) is 4.89. The van der Waals surface area contributed by atoms with E-state index in [1.165, 1.54) is 11.3 Å². The highest BCUT2D eigenvalue weighted by molar-refractivity contribution is 7.98. The second-order valence-corrected chi connectivity index (χ2v) is 9.27. The van der Waals surface area contributed by atoms with Crippen LogP contribution in [-0.2, 0) is 16.9 Å². The van der Waals surface area contributed by atoms with Gasteiger partial charge in [-0.15, -0.1) is 0 Å². The number of amides is 2. The third-order valence-corrected chi connectivity index (χ3v) is 6.74. The molecule has 1 unspecified atom stereocenters. The van der Waals surface area contributed by atoms with E-state index in [0.717, 1.165) is 73.4 Å². The summed E-state index contributed by atoms with van der Waals surface area (Å²) in [5.41, 5.74) is 4.18. The van der Waals surface area contributed by atoms with Crippen LogP contribution in [0.15, 0.2) is 24.3 Å². The van der Waals surface area contributed by atoms with Crippen molar-refractivity contribution in [1.82, 2.24) is 15.3 Å². The molecule has 3 aliphatic rings. The maximum Gasteiger partial charge on any atom is 0.319 e. The van der Waals surface area contributed by atoms with Gasteiger partial charge in [0.25, 0.3) is 0 Å². The van der Waals surface area contributed by atoms with E-state index in [4.69, 9.17) is 14.7 Å². The molecule has 2 amide bonds. The normalized spacial score (nSPS) is 21.1. The third-order valence-electron chi connectivity index (χ3n) is 5.75. The van der Waals surface area contributed by atoms with Gasteiger partial charge in [0.2, 0.25) is 0 Å². The van der Waals surface area contributed by atoms with Crippen LogP contribution >= 0.6 is 11.8 Å². The Balaban J connectivity index is 1.42. The second kappa shape index (κ2) is 8.43. The van der Waals surface area contributed by atoms with Gasteiger partial charge in [-0.1, -0.05) is 0 Å². The number of fused-ring (bicyclic) bond motifs is 1. The SMILES string of the molecule is CC1COCCN1c1nc(-c2ccc(NC(=O)NC3CC3)cc2)nc2c1CSCC2. The molecule has 0 radical (unpaired) electrons. The minimum absolute atomic E-state index is 0.142. The molecule has 1 aliphatic carbocycles. The van der Waals surface area contributed by atoms with Crippen LogP contribution in [-0.4, -0.2) is 53.6 Å². The smallest absolute Gasteiger partial charge is 0.319 e. The number of anilines is 2. The summed E-state index contributed by atoms with van der Waals surface area (Å²) < 4.78 is 5.64. The van der Waals surface area contributed by atoms with Crippen molar-refractivity contribution >= 4 is 29.3 Å². The number of urea groups is 1. The molecule has 0 bridgehead atoms. The topological polar surface area (TPSA) is 79.4 Å². The summed E-state index contributed by atoms with van der Waals surface area (Å²) in [5, 5.41) is 5.83. The zero-order valence-electron chi connectivity index (χ0n) is 17.2. The fourth-order valence-electron chi connectivity index (χ4n) is 3.91. The van der Waals surface area contributed by atoms with Gasteiger partial charge < -0.3 is 20.3 Å². The molecule has 1 saturated carbocycles. The van der Waals surface area contributed by atoms with Gasteiger partial charge >= 0.3 is 6.03 Å². The Kier molecular flexibility index (Phi) is 5.52. The van der Waals surface area contributed by atoms with Gasteiger partial charge in [-0.2, -0.15) is 11.8 Å². The predicted molar refractivity (Wildman–Crippen MR) is 120 cm³/mol. The number of thioether (sulfide) groups is 1. The number of carbonyl (C=O) groups excluding carboxylic acids is 1. The van der Waals surface area contributed by atoms with Crippen molar-refractivity contribution in [3.05, 3.63) is 35.5 Å². The monoisotopic (exact) mass is 425 g/mol. The van der Waals surface area contributed by atoms with Gasteiger partial charge in [-0.3, -0.25) is 0 Å². The Morgan fingerprint density at radius 2 is 2.07 bits per heavy atom. The van der Waals surface area contributed by atoms with Gasteiger partial charge in [-0.25, -0.2) is 14.8 Å². The average Bonchev–Trinajstić information content (AvgIpc) is 3.58. The standard InChI is InChI=1S/C22H27N5O2S/c1-14-12-29-10-9-27(14)21-18-13-30-11-8-19(18)25-20(26-21)15-2-4-16(5-3-15)23-22(28)24-17-6-7-17/h2-5,14,17H,6-13H2,1H3,(H2,23,24,28). The third kappa shape index (κ3) is 4.25. The summed E-state index contributed by atoms with van der Waals surface area (Å²) in [6.45, 7) is 4.50. The van der Waals surface area contributed by atoms with Crippen molar-refractivity contribution in [3.63, 3.8) is 0 Å². The quantitative estimate of drug-likeness (QED) is 0.781. The molecule has 1 aromatic carbocycles. The van der Waals surface area contributed by atoms with E-state index >= 15 is 0 Å². The number of benzene rings is 1. The van der Waals surface area contributed by atoms with Crippen LogP contribution < -0.4 is 15.5 Å². The molecule has 30 heavy (non-hydrogen) atoms. The van der Waals surface area contributed by atoms with Crippen LogP contribution in [0.25, 0.3) is 11.4 Å². The molecule has 7 nitrogen and oxygen atoms in total. The molecule has 1 atom stereocenters. The molecule has 3 heterocycles. The van der Waals surface area contributed by atoms with Crippen LogP contribution in [0, 0.1) is 0 Å². The predicted octanol–water partition coefficient (Wildman–Crippen LogP) is 3.44. The van der Waals surface area contributed by atoms with Crippen LogP contribution in [0.1, 0.15) is 31.0 Å². The summed E-state index contributed by atoms with van der Waals surface area (Å²) in [6.07, 6.45) is 3.12. The van der Waals surface area contributed by atoms with E-state index in [0.29, 0.717) is 12.1 Å². The van der Waals surface area contributed by atoms with Crippen LogP contribution in [0.5, 0.6) is 0 Å². The number of morpholine rings is 1. The molecular formula is C22H27N5O2S. The lowest BCUT2D eigenvalue weighted by Crippen LogP contribution is -2.45. The largest absolute Gasteiger partial charge is 0.377 e. The Hall–Kier alpha value is -2.32. The van der Waals surface area contributed by atoms with Gasteiger partial charge in [0.05, 0.1) is 24.9 Å². The first-order valence-corrected chi connectivity index (χ1v) is 11.8. The van der Waals surface area contributed by atoms with Gasteiger partial charge in [-0.05, 0) is 56.2 Å². The number of ether oxygens (including phenoxy) is 1. The summed E-state index contributed by atoms with van der Waals surface area (Å²) in [7, 11) is 0. The van der Waals surface area contributed by atoms with E-state index in [1.807, 2.05) is 36.0 Å². The molecule has 2 fully saturated rings. The van der Waals surface area contributed by atoms with E-state index < -0.39 is 0 Å². The lowest BCUT2D eigenvalue weighted by molar-refractivity contribution is 0.0984. The average molecular weight is 426 g/mol. The number of nitrogens with zero attached hydrogens (tertiary/aromatic N) is 3. The van der Waals surface area contributed by atoms with Crippen LogP contribution in [0.3, 0.4) is 0 Å². The summed E-state index contributed by atoms with van der Waals surface area (Å²) in [4.78, 5) is 24.3. The highest BCUT2D eigenvalue weighted by Crippen LogP contribution is 2.34. The minimum atomic E-state index is -0.142. The van der Waals surface area contributed by atoms with Crippen molar-refractivity contribution in [1.29, 1.82) is 0 Å².